The van der Waals surface area contributed by atoms with E-state index in [1.807, 2.05) is 0 Å². The zero-order valence-corrected chi connectivity index (χ0v) is 12.9. The molecular formula is C17H33NO. The van der Waals surface area contributed by atoms with Gasteiger partial charge in [-0.15, -0.1) is 0 Å². The fourth-order valence-electron chi connectivity index (χ4n) is 3.25. The van der Waals surface area contributed by atoms with Gasteiger partial charge in [0, 0.05) is 25.8 Å². The van der Waals surface area contributed by atoms with E-state index in [-0.39, 0.29) is 0 Å². The second-order valence-electron chi connectivity index (χ2n) is 6.79. The molecule has 0 aromatic rings. The molecule has 0 aromatic carbocycles. The first-order chi connectivity index (χ1) is 9.35. The summed E-state index contributed by atoms with van der Waals surface area (Å²) in [5.41, 5.74) is 0.561. The summed E-state index contributed by atoms with van der Waals surface area (Å²) in [4.78, 5) is 0. The maximum Gasteiger partial charge on any atom is 0.0471 e. The Morgan fingerprint density at radius 2 is 1.68 bits per heavy atom. The first kappa shape index (κ1) is 15.3. The van der Waals surface area contributed by atoms with Crippen molar-refractivity contribution in [1.29, 1.82) is 0 Å². The molecule has 0 atom stereocenters. The summed E-state index contributed by atoms with van der Waals surface area (Å²) >= 11 is 0. The summed E-state index contributed by atoms with van der Waals surface area (Å²) < 4.78 is 5.58. The van der Waals surface area contributed by atoms with Gasteiger partial charge in [0.05, 0.1) is 0 Å². The zero-order chi connectivity index (χ0) is 13.4. The lowest BCUT2D eigenvalue weighted by molar-refractivity contribution is 0.00894. The van der Waals surface area contributed by atoms with Gasteiger partial charge in [0.2, 0.25) is 0 Å². The molecule has 19 heavy (non-hydrogen) atoms. The van der Waals surface area contributed by atoms with E-state index in [1.165, 1.54) is 77.2 Å². The first-order valence-electron chi connectivity index (χ1n) is 8.66. The van der Waals surface area contributed by atoms with Gasteiger partial charge in [-0.1, -0.05) is 45.4 Å². The molecule has 0 spiro atoms. The molecule has 2 rings (SSSR count). The average Bonchev–Trinajstić information content (AvgIpc) is 3.26. The van der Waals surface area contributed by atoms with E-state index in [9.17, 15) is 0 Å². The quantitative estimate of drug-likeness (QED) is 0.596. The fraction of sp³-hybridized carbons (Fsp3) is 1.00. The number of ether oxygens (including phenoxy) is 1. The summed E-state index contributed by atoms with van der Waals surface area (Å²) in [5, 5.41) is 3.77. The molecule has 112 valence electrons. The van der Waals surface area contributed by atoms with Crippen molar-refractivity contribution in [3.05, 3.63) is 0 Å². The molecule has 2 heteroatoms. The van der Waals surface area contributed by atoms with Crippen molar-refractivity contribution >= 4 is 0 Å². The molecule has 0 aromatic heterocycles. The topological polar surface area (TPSA) is 21.3 Å². The molecule has 0 unspecified atom stereocenters. The van der Waals surface area contributed by atoms with Gasteiger partial charge < -0.3 is 10.1 Å². The van der Waals surface area contributed by atoms with Crippen LogP contribution in [-0.2, 0) is 4.74 Å². The van der Waals surface area contributed by atoms with Gasteiger partial charge >= 0.3 is 0 Å². The monoisotopic (exact) mass is 267 g/mol. The van der Waals surface area contributed by atoms with Crippen LogP contribution in [0.3, 0.4) is 0 Å². The number of hydrogen-bond donors (Lipinski definition) is 1. The van der Waals surface area contributed by atoms with E-state index in [0.717, 1.165) is 19.3 Å². The Kier molecular flexibility index (Phi) is 6.66. The van der Waals surface area contributed by atoms with Gasteiger partial charge in [0.1, 0.15) is 0 Å². The number of nitrogens with one attached hydrogen (secondary N) is 1. The number of rotatable bonds is 10. The third-order valence-corrected chi connectivity index (χ3v) is 4.96. The molecule has 2 nitrogen and oxygen atoms in total. The molecule has 0 amide bonds. The van der Waals surface area contributed by atoms with Gasteiger partial charge in [-0.25, -0.2) is 0 Å². The summed E-state index contributed by atoms with van der Waals surface area (Å²) in [7, 11) is 0. The molecule has 1 saturated carbocycles. The maximum absolute atomic E-state index is 5.58. The highest BCUT2D eigenvalue weighted by molar-refractivity contribution is 4.89. The van der Waals surface area contributed by atoms with Crippen LogP contribution in [-0.4, -0.2) is 25.8 Å². The van der Waals surface area contributed by atoms with Gasteiger partial charge in [-0.05, 0) is 37.5 Å². The van der Waals surface area contributed by atoms with Crippen LogP contribution >= 0.6 is 0 Å². The predicted octanol–water partition coefficient (Wildman–Crippen LogP) is 4.29. The third kappa shape index (κ3) is 5.83. The van der Waals surface area contributed by atoms with Crippen molar-refractivity contribution in [3.63, 3.8) is 0 Å². The Hall–Kier alpha value is -0.0800. The van der Waals surface area contributed by atoms with Crippen LogP contribution in [0.1, 0.15) is 77.6 Å². The molecule has 1 heterocycles. The summed E-state index contributed by atoms with van der Waals surface area (Å²) in [6, 6.07) is 0.851. The van der Waals surface area contributed by atoms with Crippen LogP contribution in [0.4, 0.5) is 0 Å². The largest absolute Gasteiger partial charge is 0.381 e. The molecule has 1 aliphatic heterocycles. The number of unbranched alkanes of at least 4 members (excludes halogenated alkanes) is 5. The highest BCUT2D eigenvalue weighted by Crippen LogP contribution is 2.36. The summed E-state index contributed by atoms with van der Waals surface area (Å²) in [6.45, 7) is 5.51. The summed E-state index contributed by atoms with van der Waals surface area (Å²) in [6.07, 6.45) is 15.3. The van der Waals surface area contributed by atoms with Gasteiger partial charge in [-0.2, -0.15) is 0 Å². The lowest BCUT2D eigenvalue weighted by Crippen LogP contribution is -2.40. The normalized spacial score (nSPS) is 22.6. The molecule has 2 fully saturated rings. The van der Waals surface area contributed by atoms with Gasteiger partial charge in [0.25, 0.3) is 0 Å². The molecule has 0 bridgehead atoms. The predicted molar refractivity (Wildman–Crippen MR) is 81.5 cm³/mol. The Bertz CT molecular complexity index is 231. The van der Waals surface area contributed by atoms with E-state index >= 15 is 0 Å². The molecular weight excluding hydrogens is 234 g/mol. The number of hydrogen-bond acceptors (Lipinski definition) is 2. The lowest BCUT2D eigenvalue weighted by atomic mass is 9.75. The highest BCUT2D eigenvalue weighted by atomic mass is 16.5. The van der Waals surface area contributed by atoms with Crippen molar-refractivity contribution in [2.45, 2.75) is 83.6 Å². The van der Waals surface area contributed by atoms with Gasteiger partial charge in [0.15, 0.2) is 0 Å². The molecule has 2 aliphatic rings. The van der Waals surface area contributed by atoms with Gasteiger partial charge in [-0.3, -0.25) is 0 Å². The molecule has 1 N–H and O–H groups in total. The van der Waals surface area contributed by atoms with Crippen molar-refractivity contribution in [2.24, 2.45) is 5.41 Å². The van der Waals surface area contributed by atoms with E-state index < -0.39 is 0 Å². The lowest BCUT2D eigenvalue weighted by Gasteiger charge is -2.38. The minimum absolute atomic E-state index is 0.561. The SMILES string of the molecule is CCCCCCCCC1(CNC2CC2)CCOCC1. The Morgan fingerprint density at radius 3 is 2.37 bits per heavy atom. The van der Waals surface area contributed by atoms with Crippen LogP contribution in [0.5, 0.6) is 0 Å². The second kappa shape index (κ2) is 8.26. The van der Waals surface area contributed by atoms with Crippen molar-refractivity contribution in [2.75, 3.05) is 19.8 Å². The average molecular weight is 267 g/mol. The second-order valence-corrected chi connectivity index (χ2v) is 6.79. The van der Waals surface area contributed by atoms with Crippen molar-refractivity contribution in [3.8, 4) is 0 Å². The Balaban J connectivity index is 1.64. The highest BCUT2D eigenvalue weighted by Gasteiger charge is 2.33. The smallest absolute Gasteiger partial charge is 0.0471 e. The minimum atomic E-state index is 0.561. The van der Waals surface area contributed by atoms with Crippen LogP contribution in [0, 0.1) is 5.41 Å². The van der Waals surface area contributed by atoms with Crippen molar-refractivity contribution < 1.29 is 4.74 Å². The van der Waals surface area contributed by atoms with E-state index in [2.05, 4.69) is 12.2 Å². The Morgan fingerprint density at radius 1 is 1.00 bits per heavy atom. The minimum Gasteiger partial charge on any atom is -0.381 e. The molecule has 1 aliphatic carbocycles. The molecule has 1 saturated heterocycles. The van der Waals surface area contributed by atoms with E-state index in [1.54, 1.807) is 0 Å². The van der Waals surface area contributed by atoms with Crippen LogP contribution in [0.15, 0.2) is 0 Å². The third-order valence-electron chi connectivity index (χ3n) is 4.96. The summed E-state index contributed by atoms with van der Waals surface area (Å²) in [5.74, 6) is 0. The van der Waals surface area contributed by atoms with Crippen molar-refractivity contribution in [1.82, 2.24) is 5.32 Å². The van der Waals surface area contributed by atoms with Crippen LogP contribution in [0.25, 0.3) is 0 Å². The van der Waals surface area contributed by atoms with Crippen LogP contribution < -0.4 is 5.32 Å². The first-order valence-corrected chi connectivity index (χ1v) is 8.66. The standard InChI is InChI=1S/C17H33NO/c1-2-3-4-5-6-7-10-17(11-13-19-14-12-17)15-18-16-8-9-16/h16,18H,2-15H2,1H3. The fourth-order valence-corrected chi connectivity index (χ4v) is 3.25. The van der Waals surface area contributed by atoms with E-state index in [4.69, 9.17) is 4.74 Å². The Labute approximate surface area is 119 Å². The zero-order valence-electron chi connectivity index (χ0n) is 12.9. The van der Waals surface area contributed by atoms with E-state index in [0.29, 0.717) is 5.41 Å². The maximum atomic E-state index is 5.58. The van der Waals surface area contributed by atoms with Crippen LogP contribution in [0.2, 0.25) is 0 Å². The molecule has 0 radical (unpaired) electrons.